The van der Waals surface area contributed by atoms with E-state index in [1.807, 2.05) is 52.0 Å². The van der Waals surface area contributed by atoms with Crippen LogP contribution >= 0.6 is 0 Å². The van der Waals surface area contributed by atoms with Crippen LogP contribution in [0.4, 0.5) is 26.7 Å². The van der Waals surface area contributed by atoms with E-state index in [1.54, 1.807) is 9.80 Å². The molecule has 6 amide bonds. The van der Waals surface area contributed by atoms with Gasteiger partial charge in [0.15, 0.2) is 0 Å². The number of nitrogens with zero attached hydrogens (tertiary/aromatic N) is 3. The predicted octanol–water partition coefficient (Wildman–Crippen LogP) is 8.50. The van der Waals surface area contributed by atoms with Gasteiger partial charge in [-0.15, -0.1) is 0 Å². The lowest BCUT2D eigenvalue weighted by molar-refractivity contribution is -0.139. The van der Waals surface area contributed by atoms with Crippen LogP contribution < -0.4 is 31.4 Å². The summed E-state index contributed by atoms with van der Waals surface area (Å²) in [4.78, 5) is 84.5. The van der Waals surface area contributed by atoms with Crippen molar-refractivity contribution < 1.29 is 38.2 Å². The molecule has 3 fully saturated rings. The number of hydrogen-bond donors (Lipinski definition) is 4. The zero-order valence-corrected chi connectivity index (χ0v) is 43.1. The molecule has 4 N–H and O–H groups in total. The van der Waals surface area contributed by atoms with E-state index in [0.717, 1.165) is 29.7 Å². The quantitative estimate of drug-likeness (QED) is 0.0719. The average molecular weight is 966 g/mol. The summed E-state index contributed by atoms with van der Waals surface area (Å²) < 4.78 is 9.52. The molecular formula is C53H75N7O8Si. The van der Waals surface area contributed by atoms with Gasteiger partial charge >= 0.3 is 12.2 Å². The van der Waals surface area contributed by atoms with Gasteiger partial charge in [-0.25, -0.2) is 9.59 Å². The summed E-state index contributed by atoms with van der Waals surface area (Å²) in [6.07, 6.45) is 6.51. The number of alkyl carbamates (subject to hydrolysis) is 2. The number of ether oxygens (including phenoxy) is 2. The van der Waals surface area contributed by atoms with Crippen LogP contribution in [0, 0.1) is 11.8 Å². The summed E-state index contributed by atoms with van der Waals surface area (Å²) >= 11 is 0. The van der Waals surface area contributed by atoms with Crippen LogP contribution in [0.25, 0.3) is 0 Å². The zero-order valence-electron chi connectivity index (χ0n) is 42.1. The number of carbonyl (C=O) groups excluding carboxylic acids is 6. The molecule has 6 atom stereocenters. The minimum atomic E-state index is -1.63. The lowest BCUT2D eigenvalue weighted by Crippen LogP contribution is -2.54. The van der Waals surface area contributed by atoms with Crippen molar-refractivity contribution in [1.29, 1.82) is 0 Å². The highest BCUT2D eigenvalue weighted by Gasteiger charge is 2.41. The number of unbranched alkanes of at least 4 members (excludes halogenated alkanes) is 2. The Morgan fingerprint density at radius 2 is 1.03 bits per heavy atom. The topological polar surface area (TPSA) is 179 Å². The Hall–Kier alpha value is -5.90. The Labute approximate surface area is 409 Å². The van der Waals surface area contributed by atoms with Gasteiger partial charge in [0.1, 0.15) is 24.2 Å². The molecule has 3 aliphatic heterocycles. The van der Waals surface area contributed by atoms with Gasteiger partial charge in [0.25, 0.3) is 0 Å². The number of carbonyl (C=O) groups is 6. The highest BCUT2D eigenvalue weighted by molar-refractivity contribution is 6.89. The maximum Gasteiger partial charge on any atom is 0.407 e. The van der Waals surface area contributed by atoms with E-state index in [-0.39, 0.29) is 47.5 Å². The lowest BCUT2D eigenvalue weighted by atomic mass is 10.0. The monoisotopic (exact) mass is 966 g/mol. The minimum Gasteiger partial charge on any atom is -0.453 e. The molecule has 0 bridgehead atoms. The van der Waals surface area contributed by atoms with Gasteiger partial charge in [-0.1, -0.05) is 115 Å². The fourth-order valence-corrected chi connectivity index (χ4v) is 12.8. The highest BCUT2D eigenvalue weighted by Crippen LogP contribution is 2.47. The molecule has 0 spiro atoms. The Morgan fingerprint density at radius 1 is 0.609 bits per heavy atom. The Balaban J connectivity index is 1.19. The molecule has 0 aromatic heterocycles. The first-order valence-electron chi connectivity index (χ1n) is 25.0. The number of methoxy groups -OCH3 is 2. The molecule has 3 heterocycles. The second-order valence-electron chi connectivity index (χ2n) is 20.2. The van der Waals surface area contributed by atoms with Crippen LogP contribution in [-0.2, 0) is 28.7 Å². The molecule has 3 aromatic carbocycles. The van der Waals surface area contributed by atoms with Crippen molar-refractivity contribution in [2.45, 2.75) is 148 Å². The molecule has 6 rings (SSSR count). The number of anilines is 3. The molecule has 69 heavy (non-hydrogen) atoms. The molecule has 3 aromatic rings. The average Bonchev–Trinajstić information content (AvgIpc) is 4.14. The van der Waals surface area contributed by atoms with E-state index >= 15 is 0 Å². The van der Waals surface area contributed by atoms with E-state index < -0.39 is 44.4 Å². The SMILES string of the molecule is CCCCC[Si](C)(C)c1ccc(N2[C@H](c3ccc(NC(=O)[C@@H]4CCCN4C(=O)[C@@H](NC(=O)OC)C(C)C)cc3)CC[C@H]2c2ccc(NC(=O)[C@@H]3CCCN3C(=O)[C@@H](NC(=O)OC)C(C)C)cc2)cc1. The number of likely N-dealkylation sites (tertiary alicyclic amines) is 2. The Bertz CT molecular complexity index is 2130. The summed E-state index contributed by atoms with van der Waals surface area (Å²) in [5.74, 6) is -1.53. The fourth-order valence-electron chi connectivity index (χ4n) is 10.3. The zero-order chi connectivity index (χ0) is 50.0. The van der Waals surface area contributed by atoms with Crippen molar-refractivity contribution in [2.75, 3.05) is 42.8 Å². The summed E-state index contributed by atoms with van der Waals surface area (Å²) in [6, 6.07) is 23.6. The van der Waals surface area contributed by atoms with E-state index in [0.29, 0.717) is 50.1 Å². The number of nitrogens with one attached hydrogen (secondary N) is 4. The summed E-state index contributed by atoms with van der Waals surface area (Å²) in [5.41, 5.74) is 4.62. The first kappa shape index (κ1) is 52.5. The van der Waals surface area contributed by atoms with Crippen LogP contribution in [0.5, 0.6) is 0 Å². The third-order valence-electron chi connectivity index (χ3n) is 14.3. The summed E-state index contributed by atoms with van der Waals surface area (Å²) in [7, 11) is 0.878. The second-order valence-corrected chi connectivity index (χ2v) is 25.1. The van der Waals surface area contributed by atoms with Gasteiger partial charge < -0.3 is 45.4 Å². The maximum atomic E-state index is 13.8. The Kier molecular flexibility index (Phi) is 17.9. The second kappa shape index (κ2) is 23.6. The first-order chi connectivity index (χ1) is 33.0. The molecule has 0 aliphatic carbocycles. The number of hydrogen-bond acceptors (Lipinski definition) is 9. The Morgan fingerprint density at radius 3 is 1.41 bits per heavy atom. The molecule has 3 aliphatic rings. The van der Waals surface area contributed by atoms with E-state index in [9.17, 15) is 28.8 Å². The van der Waals surface area contributed by atoms with Crippen molar-refractivity contribution in [1.82, 2.24) is 20.4 Å². The van der Waals surface area contributed by atoms with Crippen molar-refractivity contribution in [3.05, 3.63) is 83.9 Å². The molecular weight excluding hydrogens is 891 g/mol. The van der Waals surface area contributed by atoms with Crippen LogP contribution in [0.1, 0.15) is 116 Å². The number of benzene rings is 3. The summed E-state index contributed by atoms with van der Waals surface area (Å²) in [5, 5.41) is 12.8. The van der Waals surface area contributed by atoms with E-state index in [4.69, 9.17) is 9.47 Å². The molecule has 15 nitrogen and oxygen atoms in total. The van der Waals surface area contributed by atoms with Crippen molar-refractivity contribution in [2.24, 2.45) is 11.8 Å². The van der Waals surface area contributed by atoms with Gasteiger partial charge in [0.05, 0.1) is 34.4 Å². The van der Waals surface area contributed by atoms with Gasteiger partial charge in [0, 0.05) is 30.2 Å². The van der Waals surface area contributed by atoms with Crippen LogP contribution in [0.3, 0.4) is 0 Å². The maximum absolute atomic E-state index is 13.8. The van der Waals surface area contributed by atoms with Gasteiger partial charge in [-0.3, -0.25) is 19.2 Å². The molecule has 16 heteroatoms. The van der Waals surface area contributed by atoms with E-state index in [1.165, 1.54) is 44.7 Å². The molecule has 0 unspecified atom stereocenters. The predicted molar refractivity (Wildman–Crippen MR) is 273 cm³/mol. The van der Waals surface area contributed by atoms with Crippen molar-refractivity contribution in [3.63, 3.8) is 0 Å². The van der Waals surface area contributed by atoms with Crippen LogP contribution in [-0.4, -0.2) is 105 Å². The third kappa shape index (κ3) is 12.7. The van der Waals surface area contributed by atoms with Crippen LogP contribution in [0.15, 0.2) is 72.8 Å². The minimum absolute atomic E-state index is 0.0345. The summed E-state index contributed by atoms with van der Waals surface area (Å²) in [6.45, 7) is 15.4. The molecule has 3 saturated heterocycles. The van der Waals surface area contributed by atoms with Crippen molar-refractivity contribution >= 4 is 66.1 Å². The third-order valence-corrected chi connectivity index (χ3v) is 17.8. The first-order valence-corrected chi connectivity index (χ1v) is 28.2. The largest absolute Gasteiger partial charge is 0.453 e. The highest BCUT2D eigenvalue weighted by atomic mass is 28.3. The molecule has 0 saturated carbocycles. The van der Waals surface area contributed by atoms with Gasteiger partial charge in [0.2, 0.25) is 23.6 Å². The fraction of sp³-hybridized carbons (Fsp3) is 0.547. The molecule has 0 radical (unpaired) electrons. The standard InChI is InChI=1S/C53H75N7O8Si/c1-10-11-12-33-69(8,9)41-27-25-40(26-28-41)60-42(36-17-21-38(22-18-36)54-48(61)44-15-13-31-58(44)50(63)46(34(2)3)56-52(65)67-6)29-30-43(60)37-19-23-39(24-20-37)55-49(62)45-16-14-32-59(45)51(64)47(35(4)5)57-53(66)68-7/h17-28,34-35,42-47H,10-16,29-33H2,1-9H3,(H,54,61)(H,55,62)(H,56,65)(H,57,66)/t42-,43-,44-,45-,46-,47-/m0/s1. The van der Waals surface area contributed by atoms with Crippen molar-refractivity contribution in [3.8, 4) is 0 Å². The van der Waals surface area contributed by atoms with E-state index in [2.05, 4.69) is 94.7 Å². The number of amides is 6. The smallest absolute Gasteiger partial charge is 0.407 e. The molecule has 374 valence electrons. The van der Waals surface area contributed by atoms with Gasteiger partial charge in [-0.05, 0) is 97.9 Å². The lowest BCUT2D eigenvalue weighted by Gasteiger charge is -2.34. The number of rotatable bonds is 18. The van der Waals surface area contributed by atoms with Gasteiger partial charge in [-0.2, -0.15) is 0 Å². The normalized spacial score (nSPS) is 20.1. The van der Waals surface area contributed by atoms with Crippen LogP contribution in [0.2, 0.25) is 19.1 Å².